The van der Waals surface area contributed by atoms with Crippen molar-refractivity contribution in [3.8, 4) is 0 Å². The number of thiocarbonyl (C=S) groups is 1. The Morgan fingerprint density at radius 2 is 1.94 bits per heavy atom. The number of rotatable bonds is 4. The number of halogens is 1. The molecule has 0 saturated carbocycles. The number of amides is 2. The minimum absolute atomic E-state index is 0.127. The number of carbonyl (C=O) groups is 2. The van der Waals surface area contributed by atoms with Crippen molar-refractivity contribution in [2.45, 2.75) is 38.8 Å². The fourth-order valence-electron chi connectivity index (χ4n) is 4.96. The average Bonchev–Trinajstić information content (AvgIpc) is 3.28. The topological polar surface area (TPSA) is 48.8 Å². The first kappa shape index (κ1) is 23.8. The van der Waals surface area contributed by atoms with Crippen LogP contribution in [0, 0.1) is 0 Å². The van der Waals surface area contributed by atoms with Gasteiger partial charge in [-0.15, -0.1) is 0 Å². The number of likely N-dealkylation sites (tertiary alicyclic amines) is 1. The molecule has 0 bridgehead atoms. The van der Waals surface area contributed by atoms with Crippen LogP contribution >= 0.6 is 28.1 Å². The first-order chi connectivity index (χ1) is 16.8. The first-order valence-electron chi connectivity index (χ1n) is 11.8. The SMILES string of the molecule is C[C@@H]1CCCCN1C(=O)Cn1cc(/C=C2/C(=O)N(c3ccccc3)C(=S)N2C)c2cc(Br)ccc21. The molecule has 2 saturated heterocycles. The molecule has 180 valence electrons. The largest absolute Gasteiger partial charge is 0.338 e. The average molecular weight is 552 g/mol. The zero-order valence-electron chi connectivity index (χ0n) is 19.8. The summed E-state index contributed by atoms with van der Waals surface area (Å²) in [6.45, 7) is 3.21. The zero-order chi connectivity index (χ0) is 24.7. The molecule has 2 aliphatic rings. The Hall–Kier alpha value is -2.97. The van der Waals surface area contributed by atoms with Gasteiger partial charge in [0.25, 0.3) is 5.91 Å². The van der Waals surface area contributed by atoms with Crippen molar-refractivity contribution in [3.63, 3.8) is 0 Å². The predicted molar refractivity (Wildman–Crippen MR) is 147 cm³/mol. The molecule has 3 heterocycles. The lowest BCUT2D eigenvalue weighted by atomic mass is 10.0. The van der Waals surface area contributed by atoms with Gasteiger partial charge in [-0.25, -0.2) is 0 Å². The van der Waals surface area contributed by atoms with E-state index in [2.05, 4.69) is 22.9 Å². The van der Waals surface area contributed by atoms with Gasteiger partial charge in [0.1, 0.15) is 12.2 Å². The number of likely N-dealkylation sites (N-methyl/N-ethyl adjacent to an activating group) is 1. The molecular formula is C27H27BrN4O2S. The predicted octanol–water partition coefficient (Wildman–Crippen LogP) is 5.41. The van der Waals surface area contributed by atoms with Gasteiger partial charge in [0.15, 0.2) is 5.11 Å². The highest BCUT2D eigenvalue weighted by Gasteiger charge is 2.37. The number of piperidine rings is 1. The van der Waals surface area contributed by atoms with E-state index < -0.39 is 0 Å². The summed E-state index contributed by atoms with van der Waals surface area (Å²) in [5.74, 6) is -0.0421. The van der Waals surface area contributed by atoms with Crippen LogP contribution < -0.4 is 4.90 Å². The number of benzene rings is 2. The quantitative estimate of drug-likeness (QED) is 0.322. The van der Waals surface area contributed by atoms with E-state index in [0.717, 1.165) is 46.0 Å². The van der Waals surface area contributed by atoms with Crippen molar-refractivity contribution in [1.82, 2.24) is 14.4 Å². The van der Waals surface area contributed by atoms with Crippen molar-refractivity contribution in [2.24, 2.45) is 0 Å². The number of nitrogens with zero attached hydrogens (tertiary/aromatic N) is 4. The second-order valence-electron chi connectivity index (χ2n) is 9.15. The third-order valence-electron chi connectivity index (χ3n) is 6.87. The molecule has 6 nitrogen and oxygen atoms in total. The highest BCUT2D eigenvalue weighted by atomic mass is 79.9. The van der Waals surface area contributed by atoms with E-state index in [1.807, 2.05) is 77.3 Å². The van der Waals surface area contributed by atoms with Crippen molar-refractivity contribution in [3.05, 3.63) is 70.5 Å². The molecule has 0 unspecified atom stereocenters. The lowest BCUT2D eigenvalue weighted by Gasteiger charge is -2.33. The standard InChI is InChI=1S/C27H27BrN4O2S/c1-18-8-6-7-13-31(18)25(33)17-30-16-19(22-15-20(28)11-12-23(22)30)14-24-26(34)32(27(35)29(24)2)21-9-4-3-5-10-21/h3-5,9-12,14-16,18H,6-8,13,17H2,1-2H3/b24-14-/t18-/m1/s1. The molecule has 2 aromatic carbocycles. The van der Waals surface area contributed by atoms with Gasteiger partial charge in [0, 0.05) is 46.8 Å². The Kier molecular flexibility index (Phi) is 6.51. The molecule has 1 atom stereocenters. The van der Waals surface area contributed by atoms with Crippen LogP contribution in [-0.2, 0) is 16.1 Å². The molecule has 8 heteroatoms. The van der Waals surface area contributed by atoms with Crippen LogP contribution in [0.25, 0.3) is 17.0 Å². The van der Waals surface area contributed by atoms with Gasteiger partial charge in [-0.3, -0.25) is 14.5 Å². The third kappa shape index (κ3) is 4.41. The molecule has 5 rings (SSSR count). The highest BCUT2D eigenvalue weighted by Crippen LogP contribution is 2.32. The normalized spacial score (nSPS) is 19.9. The lowest BCUT2D eigenvalue weighted by Crippen LogP contribution is -2.43. The van der Waals surface area contributed by atoms with Crippen LogP contribution in [0.1, 0.15) is 31.7 Å². The second-order valence-corrected chi connectivity index (χ2v) is 10.4. The molecule has 0 spiro atoms. The number of carbonyl (C=O) groups excluding carboxylic acids is 2. The summed E-state index contributed by atoms with van der Waals surface area (Å²) in [7, 11) is 1.81. The fraction of sp³-hybridized carbons (Fsp3) is 0.296. The van der Waals surface area contributed by atoms with Crippen LogP contribution in [0.3, 0.4) is 0 Å². The fourth-order valence-corrected chi connectivity index (χ4v) is 5.60. The van der Waals surface area contributed by atoms with Crippen LogP contribution in [0.15, 0.2) is 64.9 Å². The monoisotopic (exact) mass is 550 g/mol. The summed E-state index contributed by atoms with van der Waals surface area (Å²) >= 11 is 9.18. The number of hydrogen-bond donors (Lipinski definition) is 0. The summed E-state index contributed by atoms with van der Waals surface area (Å²) < 4.78 is 2.93. The van der Waals surface area contributed by atoms with Gasteiger partial charge >= 0.3 is 0 Å². The number of aromatic nitrogens is 1. The lowest BCUT2D eigenvalue weighted by molar-refractivity contribution is -0.135. The minimum Gasteiger partial charge on any atom is -0.338 e. The Labute approximate surface area is 218 Å². The summed E-state index contributed by atoms with van der Waals surface area (Å²) in [6, 6.07) is 15.7. The van der Waals surface area contributed by atoms with Crippen LogP contribution in [0.5, 0.6) is 0 Å². The summed E-state index contributed by atoms with van der Waals surface area (Å²) in [5, 5.41) is 1.41. The van der Waals surface area contributed by atoms with E-state index in [1.165, 1.54) is 6.42 Å². The van der Waals surface area contributed by atoms with Gasteiger partial charge in [0.2, 0.25) is 5.91 Å². The van der Waals surface area contributed by atoms with Gasteiger partial charge in [0.05, 0.1) is 5.69 Å². The van der Waals surface area contributed by atoms with E-state index in [4.69, 9.17) is 12.2 Å². The van der Waals surface area contributed by atoms with Crippen LogP contribution in [0.4, 0.5) is 5.69 Å². The molecule has 2 amide bonds. The number of hydrogen-bond acceptors (Lipinski definition) is 3. The van der Waals surface area contributed by atoms with Crippen molar-refractivity contribution in [2.75, 3.05) is 18.5 Å². The molecule has 2 fully saturated rings. The molecule has 0 N–H and O–H groups in total. The Balaban J connectivity index is 1.52. The van der Waals surface area contributed by atoms with Crippen LogP contribution in [0.2, 0.25) is 0 Å². The maximum absolute atomic E-state index is 13.4. The Morgan fingerprint density at radius 3 is 2.69 bits per heavy atom. The summed E-state index contributed by atoms with van der Waals surface area (Å²) in [4.78, 5) is 31.9. The Morgan fingerprint density at radius 1 is 1.17 bits per heavy atom. The van der Waals surface area contributed by atoms with E-state index in [0.29, 0.717) is 10.8 Å². The van der Waals surface area contributed by atoms with Crippen molar-refractivity contribution >= 4 is 67.7 Å². The molecule has 0 radical (unpaired) electrons. The number of anilines is 1. The molecule has 3 aromatic rings. The maximum Gasteiger partial charge on any atom is 0.281 e. The minimum atomic E-state index is -0.169. The molecule has 35 heavy (non-hydrogen) atoms. The zero-order valence-corrected chi connectivity index (χ0v) is 22.2. The highest BCUT2D eigenvalue weighted by molar-refractivity contribution is 9.10. The maximum atomic E-state index is 13.4. The van der Waals surface area contributed by atoms with Gasteiger partial charge < -0.3 is 14.4 Å². The van der Waals surface area contributed by atoms with E-state index in [9.17, 15) is 9.59 Å². The van der Waals surface area contributed by atoms with Crippen LogP contribution in [-0.4, -0.2) is 50.9 Å². The van der Waals surface area contributed by atoms with Gasteiger partial charge in [-0.1, -0.05) is 34.1 Å². The van der Waals surface area contributed by atoms with Gasteiger partial charge in [-0.2, -0.15) is 0 Å². The molecule has 1 aromatic heterocycles. The Bertz CT molecular complexity index is 1350. The number of fused-ring (bicyclic) bond motifs is 1. The smallest absolute Gasteiger partial charge is 0.281 e. The second kappa shape index (κ2) is 9.59. The van der Waals surface area contributed by atoms with E-state index in [1.54, 1.807) is 9.80 Å². The summed E-state index contributed by atoms with van der Waals surface area (Å²) in [6.07, 6.45) is 7.11. The molecule has 2 aliphatic heterocycles. The molecule has 0 aliphatic carbocycles. The third-order valence-corrected chi connectivity index (χ3v) is 7.82. The van der Waals surface area contributed by atoms with E-state index in [-0.39, 0.29) is 24.4 Å². The number of para-hydroxylation sites is 1. The molecular weight excluding hydrogens is 524 g/mol. The summed E-state index contributed by atoms with van der Waals surface area (Å²) in [5.41, 5.74) is 3.06. The van der Waals surface area contributed by atoms with Crippen molar-refractivity contribution < 1.29 is 9.59 Å². The first-order valence-corrected chi connectivity index (χ1v) is 13.0. The van der Waals surface area contributed by atoms with Gasteiger partial charge in [-0.05, 0) is 74.8 Å². The van der Waals surface area contributed by atoms with Crippen molar-refractivity contribution in [1.29, 1.82) is 0 Å². The van der Waals surface area contributed by atoms with E-state index >= 15 is 0 Å².